The molecule has 0 N–H and O–H groups in total. The average molecular weight is 392 g/mol. The van der Waals surface area contributed by atoms with Crippen molar-refractivity contribution in [3.8, 4) is 11.1 Å². The standard InChI is InChI=1S/C29H29N/c1-6-29(24-13-9-7-11-22(24)23-12-8-10-14-25(23)29)26-18-21(28(3,4)5)17-20-15-16-30-19(2)27(20)26/h7-18H,6H2,1-5H3. The molecule has 0 atom stereocenters. The van der Waals surface area contributed by atoms with Crippen molar-refractivity contribution >= 4 is 10.8 Å². The van der Waals surface area contributed by atoms with Crippen molar-refractivity contribution in [1.29, 1.82) is 0 Å². The number of hydrogen-bond acceptors (Lipinski definition) is 1. The van der Waals surface area contributed by atoms with Gasteiger partial charge in [0.15, 0.2) is 0 Å². The average Bonchev–Trinajstić information content (AvgIpc) is 3.03. The molecule has 1 heterocycles. The fraction of sp³-hybridized carbons (Fsp3) is 0.276. The van der Waals surface area contributed by atoms with E-state index in [1.165, 1.54) is 44.2 Å². The highest BCUT2D eigenvalue weighted by Crippen LogP contribution is 2.56. The Labute approximate surface area is 179 Å². The van der Waals surface area contributed by atoms with Crippen LogP contribution in [0.5, 0.6) is 0 Å². The van der Waals surface area contributed by atoms with E-state index in [1.807, 2.05) is 6.20 Å². The Hall–Kier alpha value is -2.93. The second kappa shape index (κ2) is 6.54. The molecule has 4 aromatic rings. The largest absolute Gasteiger partial charge is 0.261 e. The monoisotopic (exact) mass is 391 g/mol. The molecular weight excluding hydrogens is 362 g/mol. The molecule has 1 aromatic heterocycles. The van der Waals surface area contributed by atoms with Crippen LogP contribution < -0.4 is 0 Å². The number of aromatic nitrogens is 1. The van der Waals surface area contributed by atoms with Gasteiger partial charge in [0, 0.05) is 22.7 Å². The summed E-state index contributed by atoms with van der Waals surface area (Å²) in [5, 5.41) is 2.60. The first-order valence-corrected chi connectivity index (χ1v) is 11.0. The topological polar surface area (TPSA) is 12.9 Å². The van der Waals surface area contributed by atoms with Gasteiger partial charge in [0.05, 0.1) is 0 Å². The van der Waals surface area contributed by atoms with E-state index in [-0.39, 0.29) is 10.8 Å². The van der Waals surface area contributed by atoms with Crippen LogP contribution in [0.15, 0.2) is 72.9 Å². The SMILES string of the molecule is CCC1(c2cc(C(C)(C)C)cc3ccnc(C)c23)c2ccccc2-c2ccccc21. The van der Waals surface area contributed by atoms with Gasteiger partial charge in [0.1, 0.15) is 0 Å². The molecule has 1 aliphatic rings. The maximum Gasteiger partial charge on any atom is 0.0467 e. The van der Waals surface area contributed by atoms with Gasteiger partial charge in [-0.15, -0.1) is 0 Å². The van der Waals surface area contributed by atoms with E-state index in [0.717, 1.165) is 12.1 Å². The minimum absolute atomic E-state index is 0.0761. The van der Waals surface area contributed by atoms with Gasteiger partial charge < -0.3 is 0 Å². The zero-order valence-electron chi connectivity index (χ0n) is 18.6. The third kappa shape index (κ3) is 2.51. The van der Waals surface area contributed by atoms with Crippen molar-refractivity contribution in [3.63, 3.8) is 0 Å². The molecule has 0 amide bonds. The van der Waals surface area contributed by atoms with Crippen LogP contribution in [0.3, 0.4) is 0 Å². The van der Waals surface area contributed by atoms with E-state index < -0.39 is 0 Å². The van der Waals surface area contributed by atoms with Gasteiger partial charge >= 0.3 is 0 Å². The summed E-state index contributed by atoms with van der Waals surface area (Å²) >= 11 is 0. The van der Waals surface area contributed by atoms with Crippen LogP contribution in [0.25, 0.3) is 21.9 Å². The smallest absolute Gasteiger partial charge is 0.0467 e. The second-order valence-corrected chi connectivity index (χ2v) is 9.62. The summed E-state index contributed by atoms with van der Waals surface area (Å²) < 4.78 is 0. The molecule has 0 aliphatic heterocycles. The Kier molecular flexibility index (Phi) is 4.15. The van der Waals surface area contributed by atoms with Crippen LogP contribution in [0, 0.1) is 6.92 Å². The molecule has 1 aliphatic carbocycles. The van der Waals surface area contributed by atoms with Crippen LogP contribution in [0.1, 0.15) is 62.1 Å². The summed E-state index contributed by atoms with van der Waals surface area (Å²) in [6, 6.07) is 25.0. The van der Waals surface area contributed by atoms with Gasteiger partial charge in [-0.3, -0.25) is 4.98 Å². The van der Waals surface area contributed by atoms with E-state index in [4.69, 9.17) is 4.98 Å². The number of pyridine rings is 1. The number of aryl methyl sites for hydroxylation is 1. The molecule has 150 valence electrons. The van der Waals surface area contributed by atoms with Crippen molar-refractivity contribution in [2.24, 2.45) is 0 Å². The summed E-state index contributed by atoms with van der Waals surface area (Å²) in [6.45, 7) is 11.4. The first kappa shape index (κ1) is 19.1. The maximum atomic E-state index is 4.71. The zero-order valence-corrected chi connectivity index (χ0v) is 18.6. The number of nitrogens with zero attached hydrogens (tertiary/aromatic N) is 1. The summed E-state index contributed by atoms with van der Waals surface area (Å²) in [4.78, 5) is 4.71. The lowest BCUT2D eigenvalue weighted by atomic mass is 9.67. The van der Waals surface area contributed by atoms with Gasteiger partial charge in [-0.05, 0) is 63.6 Å². The molecule has 0 saturated heterocycles. The number of fused-ring (bicyclic) bond motifs is 4. The molecule has 0 radical (unpaired) electrons. The third-order valence-electron chi connectivity index (χ3n) is 6.97. The Balaban J connectivity index is 1.99. The van der Waals surface area contributed by atoms with Crippen LogP contribution >= 0.6 is 0 Å². The number of hydrogen-bond donors (Lipinski definition) is 0. The molecular formula is C29H29N. The molecule has 1 heteroatoms. The molecule has 0 bridgehead atoms. The summed E-state index contributed by atoms with van der Waals surface area (Å²) in [6.07, 6.45) is 2.96. The normalized spacial score (nSPS) is 14.6. The number of benzene rings is 3. The van der Waals surface area contributed by atoms with E-state index in [2.05, 4.69) is 101 Å². The molecule has 0 saturated carbocycles. The third-order valence-corrected chi connectivity index (χ3v) is 6.97. The van der Waals surface area contributed by atoms with E-state index in [9.17, 15) is 0 Å². The van der Waals surface area contributed by atoms with Crippen LogP contribution in [0.4, 0.5) is 0 Å². The lowest BCUT2D eigenvalue weighted by Gasteiger charge is -2.35. The first-order chi connectivity index (χ1) is 14.4. The van der Waals surface area contributed by atoms with Gasteiger partial charge in [0.2, 0.25) is 0 Å². The van der Waals surface area contributed by atoms with E-state index >= 15 is 0 Å². The predicted octanol–water partition coefficient (Wildman–Crippen LogP) is 7.57. The Morgan fingerprint density at radius 3 is 1.97 bits per heavy atom. The predicted molar refractivity (Wildman–Crippen MR) is 127 cm³/mol. The van der Waals surface area contributed by atoms with Crippen molar-refractivity contribution in [2.75, 3.05) is 0 Å². The van der Waals surface area contributed by atoms with Crippen molar-refractivity contribution < 1.29 is 0 Å². The fourth-order valence-electron chi connectivity index (χ4n) is 5.45. The Bertz CT molecular complexity index is 1230. The minimum atomic E-state index is -0.166. The molecule has 5 rings (SSSR count). The Morgan fingerprint density at radius 2 is 1.40 bits per heavy atom. The van der Waals surface area contributed by atoms with Gasteiger partial charge in [-0.25, -0.2) is 0 Å². The second-order valence-electron chi connectivity index (χ2n) is 9.62. The molecule has 0 spiro atoms. The van der Waals surface area contributed by atoms with E-state index in [1.54, 1.807) is 0 Å². The maximum absolute atomic E-state index is 4.71. The zero-order chi connectivity index (χ0) is 21.1. The van der Waals surface area contributed by atoms with E-state index in [0.29, 0.717) is 0 Å². The molecule has 1 nitrogen and oxygen atoms in total. The van der Waals surface area contributed by atoms with Crippen LogP contribution in [0.2, 0.25) is 0 Å². The molecule has 0 unspecified atom stereocenters. The summed E-state index contributed by atoms with van der Waals surface area (Å²) in [7, 11) is 0. The number of rotatable bonds is 2. The van der Waals surface area contributed by atoms with Crippen molar-refractivity contribution in [1.82, 2.24) is 4.98 Å². The highest BCUT2D eigenvalue weighted by Gasteiger charge is 2.44. The quantitative estimate of drug-likeness (QED) is 0.343. The van der Waals surface area contributed by atoms with Crippen LogP contribution in [-0.4, -0.2) is 4.98 Å². The molecule has 30 heavy (non-hydrogen) atoms. The van der Waals surface area contributed by atoms with Crippen molar-refractivity contribution in [3.05, 3.63) is 101 Å². The lowest BCUT2D eigenvalue weighted by Crippen LogP contribution is -2.27. The first-order valence-electron chi connectivity index (χ1n) is 11.0. The van der Waals surface area contributed by atoms with Gasteiger partial charge in [-0.1, -0.05) is 88.4 Å². The van der Waals surface area contributed by atoms with Crippen molar-refractivity contribution in [2.45, 2.75) is 51.9 Å². The molecule has 0 fully saturated rings. The summed E-state index contributed by atoms with van der Waals surface area (Å²) in [5.41, 5.74) is 9.37. The van der Waals surface area contributed by atoms with Gasteiger partial charge in [-0.2, -0.15) is 0 Å². The highest BCUT2D eigenvalue weighted by molar-refractivity contribution is 5.94. The fourth-order valence-corrected chi connectivity index (χ4v) is 5.45. The lowest BCUT2D eigenvalue weighted by molar-refractivity contribution is 0.579. The van der Waals surface area contributed by atoms with Gasteiger partial charge in [0.25, 0.3) is 0 Å². The highest BCUT2D eigenvalue weighted by atomic mass is 14.7. The van der Waals surface area contributed by atoms with Crippen LogP contribution in [-0.2, 0) is 10.8 Å². The summed E-state index contributed by atoms with van der Waals surface area (Å²) in [5.74, 6) is 0. The minimum Gasteiger partial charge on any atom is -0.261 e. The Morgan fingerprint density at radius 1 is 0.800 bits per heavy atom. The molecule has 3 aromatic carbocycles.